The Bertz CT molecular complexity index is 701. The molecule has 0 saturated heterocycles. The molecule has 0 aromatic heterocycles. The van der Waals surface area contributed by atoms with E-state index in [9.17, 15) is 9.59 Å². The monoisotopic (exact) mass is 296 g/mol. The van der Waals surface area contributed by atoms with Crippen molar-refractivity contribution in [1.29, 1.82) is 0 Å². The van der Waals surface area contributed by atoms with Crippen LogP contribution in [0.1, 0.15) is 31.8 Å². The maximum Gasteiger partial charge on any atom is 0.335 e. The van der Waals surface area contributed by atoms with Crippen molar-refractivity contribution in [2.75, 3.05) is 0 Å². The molecule has 0 radical (unpaired) electrons. The highest BCUT2D eigenvalue weighted by Gasteiger charge is 2.02. The van der Waals surface area contributed by atoms with Crippen molar-refractivity contribution < 1.29 is 19.8 Å². The molecule has 0 saturated carbocycles. The Hall–Kier alpha value is -3.28. The number of benzene rings is 2. The fourth-order valence-electron chi connectivity index (χ4n) is 1.70. The van der Waals surface area contributed by atoms with E-state index in [-0.39, 0.29) is 11.1 Å². The smallest absolute Gasteiger partial charge is 0.335 e. The lowest BCUT2D eigenvalue weighted by atomic mass is 10.1. The van der Waals surface area contributed by atoms with Crippen LogP contribution in [0.4, 0.5) is 0 Å². The predicted octanol–water partition coefficient (Wildman–Crippen LogP) is 2.54. The van der Waals surface area contributed by atoms with Gasteiger partial charge < -0.3 is 10.2 Å². The van der Waals surface area contributed by atoms with Crippen LogP contribution in [0.3, 0.4) is 0 Å². The van der Waals surface area contributed by atoms with E-state index in [0.717, 1.165) is 0 Å². The molecule has 0 fully saturated rings. The quantitative estimate of drug-likeness (QED) is 0.654. The Morgan fingerprint density at radius 1 is 0.773 bits per heavy atom. The van der Waals surface area contributed by atoms with E-state index in [0.29, 0.717) is 11.1 Å². The molecule has 0 heterocycles. The zero-order valence-corrected chi connectivity index (χ0v) is 11.4. The maximum atomic E-state index is 10.8. The fraction of sp³-hybridized carbons (Fsp3) is 0. The third-order valence-corrected chi connectivity index (χ3v) is 2.75. The SMILES string of the molecule is O=C(O)c1cccc(/C=N/N=C/c2cccc(C(=O)O)c2)c1. The van der Waals surface area contributed by atoms with Gasteiger partial charge in [-0.3, -0.25) is 0 Å². The highest BCUT2D eigenvalue weighted by atomic mass is 16.4. The number of aromatic carboxylic acids is 2. The van der Waals surface area contributed by atoms with Crippen molar-refractivity contribution in [3.8, 4) is 0 Å². The van der Waals surface area contributed by atoms with Gasteiger partial charge in [-0.25, -0.2) is 9.59 Å². The highest BCUT2D eigenvalue weighted by molar-refractivity contribution is 5.92. The highest BCUT2D eigenvalue weighted by Crippen LogP contribution is 2.04. The second kappa shape index (κ2) is 6.94. The van der Waals surface area contributed by atoms with Crippen molar-refractivity contribution >= 4 is 24.4 Å². The first-order valence-electron chi connectivity index (χ1n) is 6.29. The molecule has 0 aliphatic heterocycles. The van der Waals surface area contributed by atoms with E-state index in [2.05, 4.69) is 10.2 Å². The number of carboxylic acid groups (broad SMARTS) is 2. The average Bonchev–Trinajstić information content (AvgIpc) is 2.52. The van der Waals surface area contributed by atoms with E-state index >= 15 is 0 Å². The Kier molecular flexibility index (Phi) is 4.77. The van der Waals surface area contributed by atoms with Crippen LogP contribution in [0, 0.1) is 0 Å². The normalized spacial score (nSPS) is 11.1. The van der Waals surface area contributed by atoms with Crippen molar-refractivity contribution in [3.05, 3.63) is 70.8 Å². The molecule has 2 rings (SSSR count). The summed E-state index contributed by atoms with van der Waals surface area (Å²) in [5, 5.41) is 25.4. The summed E-state index contributed by atoms with van der Waals surface area (Å²) in [4.78, 5) is 21.7. The second-order valence-corrected chi connectivity index (χ2v) is 4.35. The van der Waals surface area contributed by atoms with Crippen LogP contribution < -0.4 is 0 Å². The van der Waals surface area contributed by atoms with Gasteiger partial charge >= 0.3 is 11.9 Å². The first-order valence-corrected chi connectivity index (χ1v) is 6.29. The lowest BCUT2D eigenvalue weighted by Crippen LogP contribution is -1.97. The lowest BCUT2D eigenvalue weighted by Gasteiger charge is -1.96. The molecule has 2 aromatic carbocycles. The Morgan fingerprint density at radius 3 is 1.55 bits per heavy atom. The topological polar surface area (TPSA) is 99.3 Å². The third-order valence-electron chi connectivity index (χ3n) is 2.75. The molecule has 0 aliphatic rings. The minimum absolute atomic E-state index is 0.169. The van der Waals surface area contributed by atoms with Gasteiger partial charge in [0.15, 0.2) is 0 Å². The van der Waals surface area contributed by atoms with Gasteiger partial charge in [-0.1, -0.05) is 24.3 Å². The molecule has 6 nitrogen and oxygen atoms in total. The second-order valence-electron chi connectivity index (χ2n) is 4.35. The van der Waals surface area contributed by atoms with E-state index in [1.54, 1.807) is 24.3 Å². The van der Waals surface area contributed by atoms with E-state index in [1.165, 1.54) is 36.7 Å². The zero-order chi connectivity index (χ0) is 15.9. The minimum Gasteiger partial charge on any atom is -0.478 e. The van der Waals surface area contributed by atoms with Gasteiger partial charge in [-0.05, 0) is 35.4 Å². The van der Waals surface area contributed by atoms with Crippen LogP contribution >= 0.6 is 0 Å². The lowest BCUT2D eigenvalue weighted by molar-refractivity contribution is 0.0686. The van der Waals surface area contributed by atoms with Gasteiger partial charge in [0, 0.05) is 0 Å². The number of hydrogen-bond acceptors (Lipinski definition) is 4. The van der Waals surface area contributed by atoms with Gasteiger partial charge in [-0.2, -0.15) is 10.2 Å². The average molecular weight is 296 g/mol. The standard InChI is InChI=1S/C16H12N2O4/c19-15(20)13-5-1-3-11(7-13)9-17-18-10-12-4-2-6-14(8-12)16(21)22/h1-10H,(H,19,20)(H,21,22)/b17-9+,18-10+. The number of hydrogen-bond donors (Lipinski definition) is 2. The van der Waals surface area contributed by atoms with Crippen LogP contribution in [0.2, 0.25) is 0 Å². The molecule has 2 aromatic rings. The number of nitrogens with zero attached hydrogens (tertiary/aromatic N) is 2. The molecule has 0 amide bonds. The molecular weight excluding hydrogens is 284 g/mol. The van der Waals surface area contributed by atoms with E-state index in [1.807, 2.05) is 0 Å². The Labute approximate surface area is 126 Å². The van der Waals surface area contributed by atoms with Crippen molar-refractivity contribution in [1.82, 2.24) is 0 Å². The Morgan fingerprint density at radius 2 is 1.18 bits per heavy atom. The minimum atomic E-state index is -1.01. The van der Waals surface area contributed by atoms with Crippen molar-refractivity contribution in [3.63, 3.8) is 0 Å². The molecule has 0 aliphatic carbocycles. The van der Waals surface area contributed by atoms with Crippen LogP contribution in [0.25, 0.3) is 0 Å². The first kappa shape index (κ1) is 15.1. The van der Waals surface area contributed by atoms with Gasteiger partial charge in [0.05, 0.1) is 23.6 Å². The molecule has 2 N–H and O–H groups in total. The molecule has 0 bridgehead atoms. The third kappa shape index (κ3) is 4.11. The van der Waals surface area contributed by atoms with Crippen LogP contribution in [0.5, 0.6) is 0 Å². The summed E-state index contributed by atoms with van der Waals surface area (Å²) in [6.07, 6.45) is 2.84. The summed E-state index contributed by atoms with van der Waals surface area (Å²) < 4.78 is 0. The predicted molar refractivity (Wildman–Crippen MR) is 82.0 cm³/mol. The summed E-state index contributed by atoms with van der Waals surface area (Å²) >= 11 is 0. The van der Waals surface area contributed by atoms with E-state index in [4.69, 9.17) is 10.2 Å². The summed E-state index contributed by atoms with van der Waals surface area (Å²) in [5.74, 6) is -2.02. The molecule has 0 spiro atoms. The van der Waals surface area contributed by atoms with E-state index < -0.39 is 11.9 Å². The molecule has 110 valence electrons. The number of carbonyl (C=O) groups is 2. The Balaban J connectivity index is 2.09. The number of carboxylic acids is 2. The summed E-state index contributed by atoms with van der Waals surface area (Å²) in [7, 11) is 0. The molecule has 0 atom stereocenters. The maximum absolute atomic E-state index is 10.8. The van der Waals surface area contributed by atoms with Crippen LogP contribution in [-0.2, 0) is 0 Å². The molecule has 0 unspecified atom stereocenters. The summed E-state index contributed by atoms with van der Waals surface area (Å²) in [5.41, 5.74) is 1.55. The van der Waals surface area contributed by atoms with Crippen LogP contribution in [0.15, 0.2) is 58.7 Å². The van der Waals surface area contributed by atoms with Crippen molar-refractivity contribution in [2.45, 2.75) is 0 Å². The van der Waals surface area contributed by atoms with Gasteiger partial charge in [0.2, 0.25) is 0 Å². The molecular formula is C16H12N2O4. The van der Waals surface area contributed by atoms with Gasteiger partial charge in [0.1, 0.15) is 0 Å². The number of rotatable bonds is 5. The molecule has 6 heteroatoms. The zero-order valence-electron chi connectivity index (χ0n) is 11.4. The largest absolute Gasteiger partial charge is 0.478 e. The molecule has 22 heavy (non-hydrogen) atoms. The summed E-state index contributed by atoms with van der Waals surface area (Å²) in [6, 6.07) is 12.6. The first-order chi connectivity index (χ1) is 10.6. The van der Waals surface area contributed by atoms with Crippen LogP contribution in [-0.4, -0.2) is 34.6 Å². The van der Waals surface area contributed by atoms with Gasteiger partial charge in [-0.15, -0.1) is 0 Å². The summed E-state index contributed by atoms with van der Waals surface area (Å²) in [6.45, 7) is 0. The fourth-order valence-corrected chi connectivity index (χ4v) is 1.70. The van der Waals surface area contributed by atoms with Crippen molar-refractivity contribution in [2.24, 2.45) is 10.2 Å². The van der Waals surface area contributed by atoms with Gasteiger partial charge in [0.25, 0.3) is 0 Å².